The van der Waals surface area contributed by atoms with E-state index in [9.17, 15) is 0 Å². The SMILES string of the molecule is COc1ccc2c(c1)NCC21CCCCC1. The first-order valence-corrected chi connectivity index (χ1v) is 6.26. The van der Waals surface area contributed by atoms with Gasteiger partial charge in [-0.25, -0.2) is 0 Å². The minimum absolute atomic E-state index is 0.430. The summed E-state index contributed by atoms with van der Waals surface area (Å²) in [4.78, 5) is 0. The van der Waals surface area contributed by atoms with Crippen molar-refractivity contribution in [2.45, 2.75) is 37.5 Å². The Hall–Kier alpha value is -1.18. The maximum absolute atomic E-state index is 5.28. The van der Waals surface area contributed by atoms with Crippen LogP contribution in [0.15, 0.2) is 18.2 Å². The van der Waals surface area contributed by atoms with Gasteiger partial charge in [0.25, 0.3) is 0 Å². The van der Waals surface area contributed by atoms with Crippen LogP contribution >= 0.6 is 0 Å². The second kappa shape index (κ2) is 3.69. The first-order valence-electron chi connectivity index (χ1n) is 6.26. The second-order valence-electron chi connectivity index (χ2n) is 5.11. The van der Waals surface area contributed by atoms with E-state index >= 15 is 0 Å². The number of rotatable bonds is 1. The summed E-state index contributed by atoms with van der Waals surface area (Å²) < 4.78 is 5.28. The standard InChI is InChI=1S/C14H19NO/c1-16-11-5-6-12-13(9-11)15-10-14(12)7-3-2-4-8-14/h5-6,9,15H,2-4,7-8,10H2,1H3. The highest BCUT2D eigenvalue weighted by molar-refractivity contribution is 5.63. The molecule has 16 heavy (non-hydrogen) atoms. The number of nitrogens with one attached hydrogen (secondary N) is 1. The molecule has 2 aliphatic rings. The summed E-state index contributed by atoms with van der Waals surface area (Å²) in [6.45, 7) is 1.12. The van der Waals surface area contributed by atoms with Gasteiger partial charge in [0.1, 0.15) is 5.75 Å². The van der Waals surface area contributed by atoms with Gasteiger partial charge in [-0.2, -0.15) is 0 Å². The third kappa shape index (κ3) is 1.40. The van der Waals surface area contributed by atoms with Crippen LogP contribution in [0.3, 0.4) is 0 Å². The number of ether oxygens (including phenoxy) is 1. The van der Waals surface area contributed by atoms with Crippen molar-refractivity contribution in [3.05, 3.63) is 23.8 Å². The fourth-order valence-electron chi connectivity index (χ4n) is 3.29. The fraction of sp³-hybridized carbons (Fsp3) is 0.571. The first kappa shape index (κ1) is 10.0. The molecule has 86 valence electrons. The summed E-state index contributed by atoms with van der Waals surface area (Å²) >= 11 is 0. The predicted molar refractivity (Wildman–Crippen MR) is 66.2 cm³/mol. The lowest BCUT2D eigenvalue weighted by molar-refractivity contribution is 0.319. The largest absolute Gasteiger partial charge is 0.497 e. The van der Waals surface area contributed by atoms with E-state index in [4.69, 9.17) is 4.74 Å². The van der Waals surface area contributed by atoms with Crippen molar-refractivity contribution >= 4 is 5.69 Å². The van der Waals surface area contributed by atoms with Crippen LogP contribution in [0, 0.1) is 0 Å². The maximum atomic E-state index is 5.28. The van der Waals surface area contributed by atoms with Gasteiger partial charge in [-0.15, -0.1) is 0 Å². The average molecular weight is 217 g/mol. The summed E-state index contributed by atoms with van der Waals surface area (Å²) in [5.41, 5.74) is 3.24. The molecule has 0 aromatic heterocycles. The van der Waals surface area contributed by atoms with Gasteiger partial charge in [0.15, 0.2) is 0 Å². The lowest BCUT2D eigenvalue weighted by Crippen LogP contribution is -2.30. The van der Waals surface area contributed by atoms with E-state index in [-0.39, 0.29) is 0 Å². The van der Waals surface area contributed by atoms with Crippen molar-refractivity contribution in [2.24, 2.45) is 0 Å². The highest BCUT2D eigenvalue weighted by Gasteiger charge is 2.39. The third-order valence-corrected chi connectivity index (χ3v) is 4.23. The Morgan fingerprint density at radius 1 is 1.19 bits per heavy atom. The van der Waals surface area contributed by atoms with Gasteiger partial charge in [-0.05, 0) is 24.5 Å². The van der Waals surface area contributed by atoms with E-state index in [1.165, 1.54) is 43.4 Å². The van der Waals surface area contributed by atoms with E-state index < -0.39 is 0 Å². The number of benzene rings is 1. The van der Waals surface area contributed by atoms with Gasteiger partial charge in [0.2, 0.25) is 0 Å². The molecule has 1 aliphatic heterocycles. The van der Waals surface area contributed by atoms with Gasteiger partial charge >= 0.3 is 0 Å². The van der Waals surface area contributed by atoms with Crippen LogP contribution in [0.2, 0.25) is 0 Å². The Balaban J connectivity index is 1.98. The van der Waals surface area contributed by atoms with Crippen LogP contribution in [0.5, 0.6) is 5.75 Å². The molecule has 0 unspecified atom stereocenters. The van der Waals surface area contributed by atoms with Gasteiger partial charge in [-0.3, -0.25) is 0 Å². The Bertz CT molecular complexity index is 394. The van der Waals surface area contributed by atoms with E-state index in [0.717, 1.165) is 12.3 Å². The molecule has 0 radical (unpaired) electrons. The van der Waals surface area contributed by atoms with Crippen molar-refractivity contribution in [1.29, 1.82) is 0 Å². The van der Waals surface area contributed by atoms with Crippen LogP contribution in [-0.4, -0.2) is 13.7 Å². The second-order valence-corrected chi connectivity index (χ2v) is 5.11. The molecular weight excluding hydrogens is 198 g/mol. The molecule has 1 aromatic rings. The number of hydrogen-bond acceptors (Lipinski definition) is 2. The van der Waals surface area contributed by atoms with Crippen molar-refractivity contribution in [2.75, 3.05) is 19.0 Å². The highest BCUT2D eigenvalue weighted by Crippen LogP contribution is 2.47. The monoisotopic (exact) mass is 217 g/mol. The number of methoxy groups -OCH3 is 1. The zero-order valence-electron chi connectivity index (χ0n) is 9.88. The van der Waals surface area contributed by atoms with Crippen LogP contribution in [0.4, 0.5) is 5.69 Å². The number of fused-ring (bicyclic) bond motifs is 2. The Labute approximate surface area is 97.0 Å². The Morgan fingerprint density at radius 3 is 2.75 bits per heavy atom. The normalized spacial score (nSPS) is 21.6. The molecule has 1 saturated carbocycles. The lowest BCUT2D eigenvalue weighted by Gasteiger charge is -2.33. The van der Waals surface area contributed by atoms with E-state index in [1.54, 1.807) is 7.11 Å². The van der Waals surface area contributed by atoms with Crippen LogP contribution in [0.1, 0.15) is 37.7 Å². The quantitative estimate of drug-likeness (QED) is 0.779. The summed E-state index contributed by atoms with van der Waals surface area (Å²) in [6, 6.07) is 6.50. The van der Waals surface area contributed by atoms with Crippen LogP contribution in [-0.2, 0) is 5.41 Å². The minimum atomic E-state index is 0.430. The maximum Gasteiger partial charge on any atom is 0.120 e. The molecule has 1 aliphatic carbocycles. The van der Waals surface area contributed by atoms with Crippen molar-refractivity contribution < 1.29 is 4.74 Å². The molecular formula is C14H19NO. The van der Waals surface area contributed by atoms with Crippen molar-refractivity contribution in [1.82, 2.24) is 0 Å². The molecule has 2 heteroatoms. The molecule has 0 atom stereocenters. The topological polar surface area (TPSA) is 21.3 Å². The molecule has 3 rings (SSSR count). The minimum Gasteiger partial charge on any atom is -0.497 e. The molecule has 0 amide bonds. The summed E-state index contributed by atoms with van der Waals surface area (Å²) in [6.07, 6.45) is 6.87. The van der Waals surface area contributed by atoms with Crippen LogP contribution in [0.25, 0.3) is 0 Å². The Morgan fingerprint density at radius 2 is 2.00 bits per heavy atom. The van der Waals surface area contributed by atoms with Gasteiger partial charge in [0, 0.05) is 23.7 Å². The smallest absolute Gasteiger partial charge is 0.120 e. The highest BCUT2D eigenvalue weighted by atomic mass is 16.5. The summed E-state index contributed by atoms with van der Waals surface area (Å²) in [5.74, 6) is 0.958. The molecule has 1 spiro atoms. The van der Waals surface area contributed by atoms with E-state index in [1.807, 2.05) is 0 Å². The predicted octanol–water partition coefficient (Wildman–Crippen LogP) is 3.32. The van der Waals surface area contributed by atoms with Gasteiger partial charge in [-0.1, -0.05) is 25.3 Å². The molecule has 0 saturated heterocycles. The van der Waals surface area contributed by atoms with Crippen LogP contribution < -0.4 is 10.1 Å². The molecule has 1 fully saturated rings. The lowest BCUT2D eigenvalue weighted by atomic mass is 9.71. The third-order valence-electron chi connectivity index (χ3n) is 4.23. The Kier molecular flexibility index (Phi) is 2.31. The number of anilines is 1. The van der Waals surface area contributed by atoms with Crippen molar-refractivity contribution in [3.8, 4) is 5.75 Å². The molecule has 1 aromatic carbocycles. The first-order chi connectivity index (χ1) is 7.84. The summed E-state index contributed by atoms with van der Waals surface area (Å²) in [5, 5.41) is 3.56. The average Bonchev–Trinajstić information content (AvgIpc) is 2.69. The fourth-order valence-corrected chi connectivity index (χ4v) is 3.29. The molecule has 1 heterocycles. The van der Waals surface area contributed by atoms with E-state index in [0.29, 0.717) is 5.41 Å². The van der Waals surface area contributed by atoms with Gasteiger partial charge in [0.05, 0.1) is 7.11 Å². The summed E-state index contributed by atoms with van der Waals surface area (Å²) in [7, 11) is 1.73. The molecule has 2 nitrogen and oxygen atoms in total. The van der Waals surface area contributed by atoms with Gasteiger partial charge < -0.3 is 10.1 Å². The van der Waals surface area contributed by atoms with E-state index in [2.05, 4.69) is 23.5 Å². The molecule has 1 N–H and O–H groups in total. The zero-order valence-corrected chi connectivity index (χ0v) is 9.88. The zero-order chi connectivity index (χ0) is 11.0. The number of hydrogen-bond donors (Lipinski definition) is 1. The van der Waals surface area contributed by atoms with Crippen molar-refractivity contribution in [3.63, 3.8) is 0 Å². The molecule has 0 bridgehead atoms.